The van der Waals surface area contributed by atoms with E-state index in [9.17, 15) is 5.11 Å². The minimum absolute atomic E-state index is 0.227. The lowest BCUT2D eigenvalue weighted by Crippen LogP contribution is -2.38. The molecular formula is C16H16OS2. The maximum Gasteiger partial charge on any atom is 0.103 e. The van der Waals surface area contributed by atoms with Gasteiger partial charge in [0.1, 0.15) is 4.75 Å². The summed E-state index contributed by atoms with van der Waals surface area (Å²) in [6.07, 6.45) is -0.382. The van der Waals surface area contributed by atoms with Gasteiger partial charge >= 0.3 is 0 Å². The highest BCUT2D eigenvalue weighted by Gasteiger charge is 2.50. The van der Waals surface area contributed by atoms with E-state index in [1.807, 2.05) is 36.4 Å². The molecule has 0 bridgehead atoms. The highest BCUT2D eigenvalue weighted by molar-refractivity contribution is 8.77. The van der Waals surface area contributed by atoms with E-state index in [1.54, 1.807) is 21.6 Å². The van der Waals surface area contributed by atoms with Gasteiger partial charge in [-0.2, -0.15) is 0 Å². The molecular weight excluding hydrogens is 272 g/mol. The predicted octanol–water partition coefficient (Wildman–Crippen LogP) is 4.07. The molecule has 1 nitrogen and oxygen atoms in total. The fourth-order valence-electron chi connectivity index (χ4n) is 2.56. The molecule has 1 N–H and O–H groups in total. The average Bonchev–Trinajstić information content (AvgIpc) is 2.78. The van der Waals surface area contributed by atoms with Gasteiger partial charge in [0.2, 0.25) is 0 Å². The summed E-state index contributed by atoms with van der Waals surface area (Å²) in [5, 5.41) is 11.0. The van der Waals surface area contributed by atoms with Crippen LogP contribution in [0.1, 0.15) is 18.1 Å². The number of aliphatic hydroxyl groups excluding tert-OH is 1. The Hall–Kier alpha value is -0.900. The Bertz CT molecular complexity index is 502. The second-order valence-corrected chi connectivity index (χ2v) is 7.62. The van der Waals surface area contributed by atoms with Crippen LogP contribution >= 0.6 is 21.6 Å². The molecule has 0 aliphatic carbocycles. The molecule has 1 fully saturated rings. The van der Waals surface area contributed by atoms with Crippen molar-refractivity contribution in [3.05, 3.63) is 71.8 Å². The molecule has 98 valence electrons. The molecule has 0 amide bonds. The van der Waals surface area contributed by atoms with Crippen LogP contribution in [0, 0.1) is 0 Å². The molecule has 0 spiro atoms. The van der Waals surface area contributed by atoms with Crippen LogP contribution in [0.2, 0.25) is 0 Å². The number of rotatable bonds is 2. The zero-order valence-corrected chi connectivity index (χ0v) is 12.3. The average molecular weight is 288 g/mol. The van der Waals surface area contributed by atoms with Crippen LogP contribution in [0.4, 0.5) is 0 Å². The minimum atomic E-state index is -0.382. The van der Waals surface area contributed by atoms with E-state index in [4.69, 9.17) is 0 Å². The highest BCUT2D eigenvalue weighted by Crippen LogP contribution is 2.60. The third-order valence-electron chi connectivity index (χ3n) is 3.60. The van der Waals surface area contributed by atoms with E-state index in [2.05, 4.69) is 31.2 Å². The monoisotopic (exact) mass is 288 g/mol. The Morgan fingerprint density at radius 2 is 1.37 bits per heavy atom. The summed E-state index contributed by atoms with van der Waals surface area (Å²) >= 11 is 0. The highest BCUT2D eigenvalue weighted by atomic mass is 33.1. The van der Waals surface area contributed by atoms with Crippen LogP contribution in [0.15, 0.2) is 60.7 Å². The van der Waals surface area contributed by atoms with Crippen molar-refractivity contribution in [1.29, 1.82) is 0 Å². The van der Waals surface area contributed by atoms with Gasteiger partial charge in [-0.05, 0) is 18.1 Å². The second-order valence-electron chi connectivity index (χ2n) is 4.80. The smallest absolute Gasteiger partial charge is 0.103 e. The Morgan fingerprint density at radius 1 is 0.895 bits per heavy atom. The molecule has 2 aromatic rings. The van der Waals surface area contributed by atoms with Crippen LogP contribution in [-0.2, 0) is 4.75 Å². The van der Waals surface area contributed by atoms with Gasteiger partial charge in [-0.3, -0.25) is 0 Å². The molecule has 3 rings (SSSR count). The Labute approximate surface area is 121 Å². The van der Waals surface area contributed by atoms with Crippen molar-refractivity contribution in [3.63, 3.8) is 0 Å². The quantitative estimate of drug-likeness (QED) is 0.841. The fourth-order valence-corrected chi connectivity index (χ4v) is 6.13. The molecule has 19 heavy (non-hydrogen) atoms. The van der Waals surface area contributed by atoms with Gasteiger partial charge in [0.15, 0.2) is 0 Å². The third kappa shape index (κ3) is 2.10. The van der Waals surface area contributed by atoms with Crippen LogP contribution in [-0.4, -0.2) is 16.5 Å². The molecule has 1 saturated heterocycles. The van der Waals surface area contributed by atoms with Crippen molar-refractivity contribution in [2.75, 3.05) is 0 Å². The van der Waals surface area contributed by atoms with Crippen molar-refractivity contribution < 1.29 is 5.11 Å². The standard InChI is InChI=1S/C16H16OS2/c1-12-15(17)16(19-18-12,13-8-4-2-5-9-13)14-10-6-3-7-11-14/h2-12,15,17H,1H3. The number of aliphatic hydroxyl groups is 1. The maximum absolute atomic E-state index is 10.8. The van der Waals surface area contributed by atoms with Crippen molar-refractivity contribution in [3.8, 4) is 0 Å². The maximum atomic E-state index is 10.8. The lowest BCUT2D eigenvalue weighted by molar-refractivity contribution is 0.148. The number of hydrogen-bond acceptors (Lipinski definition) is 3. The summed E-state index contributed by atoms with van der Waals surface area (Å²) in [6.45, 7) is 2.09. The van der Waals surface area contributed by atoms with E-state index >= 15 is 0 Å². The molecule has 0 saturated carbocycles. The lowest BCUT2D eigenvalue weighted by Gasteiger charge is -2.33. The van der Waals surface area contributed by atoms with Crippen molar-refractivity contribution in [2.24, 2.45) is 0 Å². The summed E-state index contributed by atoms with van der Waals surface area (Å²) in [7, 11) is 3.55. The van der Waals surface area contributed by atoms with Crippen LogP contribution in [0.3, 0.4) is 0 Å². The summed E-state index contributed by atoms with van der Waals surface area (Å²) in [4.78, 5) is 0. The van der Waals surface area contributed by atoms with Gasteiger partial charge in [-0.1, -0.05) is 82.3 Å². The summed E-state index contributed by atoms with van der Waals surface area (Å²) in [5.74, 6) is 0. The molecule has 2 aromatic carbocycles. The first kappa shape index (κ1) is 13.1. The van der Waals surface area contributed by atoms with Gasteiger partial charge in [-0.15, -0.1) is 0 Å². The predicted molar refractivity (Wildman–Crippen MR) is 84.3 cm³/mol. The van der Waals surface area contributed by atoms with Gasteiger partial charge in [0.25, 0.3) is 0 Å². The molecule has 0 radical (unpaired) electrons. The van der Waals surface area contributed by atoms with Gasteiger partial charge in [-0.25, -0.2) is 0 Å². The molecule has 3 heteroatoms. The van der Waals surface area contributed by atoms with Crippen LogP contribution in [0.25, 0.3) is 0 Å². The van der Waals surface area contributed by atoms with E-state index < -0.39 is 0 Å². The van der Waals surface area contributed by atoms with Crippen molar-refractivity contribution in [1.82, 2.24) is 0 Å². The first-order chi connectivity index (χ1) is 9.25. The topological polar surface area (TPSA) is 20.2 Å². The van der Waals surface area contributed by atoms with E-state index in [-0.39, 0.29) is 16.1 Å². The first-order valence-electron chi connectivity index (χ1n) is 6.39. The SMILES string of the molecule is CC1SSC(c2ccccc2)(c2ccccc2)C1O. The zero-order chi connectivity index (χ0) is 13.3. The number of hydrogen-bond donors (Lipinski definition) is 1. The van der Waals surface area contributed by atoms with E-state index in [1.165, 1.54) is 11.1 Å². The second kappa shape index (κ2) is 5.23. The van der Waals surface area contributed by atoms with E-state index in [0.717, 1.165) is 0 Å². The first-order valence-corrected chi connectivity index (χ1v) is 8.60. The Morgan fingerprint density at radius 3 is 1.74 bits per heavy atom. The van der Waals surface area contributed by atoms with Gasteiger partial charge < -0.3 is 5.11 Å². The van der Waals surface area contributed by atoms with Crippen LogP contribution in [0.5, 0.6) is 0 Å². The summed E-state index contributed by atoms with van der Waals surface area (Å²) in [6, 6.07) is 20.7. The molecule has 1 aliphatic heterocycles. The van der Waals surface area contributed by atoms with Crippen molar-refractivity contribution in [2.45, 2.75) is 23.0 Å². The molecule has 1 heterocycles. The minimum Gasteiger partial charge on any atom is -0.390 e. The van der Waals surface area contributed by atoms with Gasteiger partial charge in [0.05, 0.1) is 6.10 Å². The molecule has 2 unspecified atom stereocenters. The lowest BCUT2D eigenvalue weighted by atomic mass is 9.84. The largest absolute Gasteiger partial charge is 0.390 e. The normalized spacial score (nSPS) is 25.4. The fraction of sp³-hybridized carbons (Fsp3) is 0.250. The van der Waals surface area contributed by atoms with Crippen LogP contribution < -0.4 is 0 Å². The Balaban J connectivity index is 2.18. The number of benzene rings is 2. The summed E-state index contributed by atoms with van der Waals surface area (Å²) < 4.78 is -0.355. The zero-order valence-electron chi connectivity index (χ0n) is 10.7. The molecule has 2 atom stereocenters. The van der Waals surface area contributed by atoms with Gasteiger partial charge in [0, 0.05) is 5.25 Å². The molecule has 0 aromatic heterocycles. The van der Waals surface area contributed by atoms with Crippen molar-refractivity contribution >= 4 is 21.6 Å². The Kier molecular flexibility index (Phi) is 3.61. The molecule has 1 aliphatic rings. The third-order valence-corrected chi connectivity index (χ3v) is 7.22. The summed E-state index contributed by atoms with van der Waals surface area (Å²) in [5.41, 5.74) is 2.35. The van der Waals surface area contributed by atoms with E-state index in [0.29, 0.717) is 0 Å².